The number of rotatable bonds is 2. The Hall–Kier alpha value is -1.32. The van der Waals surface area contributed by atoms with Gasteiger partial charge < -0.3 is 14.8 Å². The van der Waals surface area contributed by atoms with Gasteiger partial charge in [-0.15, -0.1) is 0 Å². The van der Waals surface area contributed by atoms with E-state index in [0.29, 0.717) is 0 Å². The van der Waals surface area contributed by atoms with Crippen molar-refractivity contribution in [1.82, 2.24) is 4.57 Å². The third-order valence-electron chi connectivity index (χ3n) is 3.95. The van der Waals surface area contributed by atoms with E-state index in [4.69, 9.17) is 5.11 Å². The average molecular weight is 231 g/mol. The second-order valence-corrected chi connectivity index (χ2v) is 5.03. The SMILES string of the molecule is Cn1c(C2(O)CCC2)cc2ccc(CO)cc21. The van der Waals surface area contributed by atoms with Gasteiger partial charge in [0.25, 0.3) is 0 Å². The number of aliphatic hydroxyl groups is 2. The molecule has 3 rings (SSSR count). The number of fused-ring (bicyclic) bond motifs is 1. The maximum atomic E-state index is 10.4. The Labute approximate surface area is 100 Å². The number of nitrogens with zero attached hydrogens (tertiary/aromatic N) is 1. The normalized spacial score (nSPS) is 18.3. The molecule has 0 aliphatic heterocycles. The van der Waals surface area contributed by atoms with Crippen molar-refractivity contribution in [1.29, 1.82) is 0 Å². The molecule has 0 spiro atoms. The molecule has 3 nitrogen and oxygen atoms in total. The second kappa shape index (κ2) is 3.59. The van der Waals surface area contributed by atoms with E-state index in [1.54, 1.807) is 0 Å². The summed E-state index contributed by atoms with van der Waals surface area (Å²) >= 11 is 0. The van der Waals surface area contributed by atoms with Gasteiger partial charge in [0.2, 0.25) is 0 Å². The van der Waals surface area contributed by atoms with Gasteiger partial charge in [-0.2, -0.15) is 0 Å². The van der Waals surface area contributed by atoms with Crippen LogP contribution in [-0.4, -0.2) is 14.8 Å². The molecule has 1 aliphatic rings. The highest BCUT2D eigenvalue weighted by Crippen LogP contribution is 2.42. The van der Waals surface area contributed by atoms with Gasteiger partial charge in [0.1, 0.15) is 5.60 Å². The summed E-state index contributed by atoms with van der Waals surface area (Å²) in [4.78, 5) is 0. The molecule has 0 amide bonds. The Morgan fingerprint density at radius 3 is 2.65 bits per heavy atom. The van der Waals surface area contributed by atoms with Crippen LogP contribution in [0.3, 0.4) is 0 Å². The monoisotopic (exact) mass is 231 g/mol. The largest absolute Gasteiger partial charge is 0.392 e. The van der Waals surface area contributed by atoms with Gasteiger partial charge in [0.05, 0.1) is 12.3 Å². The lowest BCUT2D eigenvalue weighted by Gasteiger charge is -2.37. The van der Waals surface area contributed by atoms with Gasteiger partial charge in [-0.25, -0.2) is 0 Å². The number of aryl methyl sites for hydroxylation is 1. The molecule has 2 N–H and O–H groups in total. The molecular weight excluding hydrogens is 214 g/mol. The molecule has 1 saturated carbocycles. The minimum Gasteiger partial charge on any atom is -0.392 e. The zero-order chi connectivity index (χ0) is 12.0. The lowest BCUT2D eigenvalue weighted by Crippen LogP contribution is -2.35. The van der Waals surface area contributed by atoms with Crippen LogP contribution < -0.4 is 0 Å². The number of aromatic nitrogens is 1. The van der Waals surface area contributed by atoms with Crippen LogP contribution in [-0.2, 0) is 19.3 Å². The lowest BCUT2D eigenvalue weighted by molar-refractivity contribution is -0.0445. The van der Waals surface area contributed by atoms with Gasteiger partial charge in [-0.1, -0.05) is 12.1 Å². The molecule has 0 unspecified atom stereocenters. The summed E-state index contributed by atoms with van der Waals surface area (Å²) in [5.41, 5.74) is 2.35. The fourth-order valence-corrected chi connectivity index (χ4v) is 2.69. The first-order valence-electron chi connectivity index (χ1n) is 6.06. The van der Waals surface area contributed by atoms with Crippen molar-refractivity contribution in [2.45, 2.75) is 31.5 Å². The Kier molecular flexibility index (Phi) is 2.28. The topological polar surface area (TPSA) is 45.4 Å². The molecule has 1 aromatic heterocycles. The number of benzene rings is 1. The van der Waals surface area contributed by atoms with E-state index in [1.807, 2.05) is 29.8 Å². The van der Waals surface area contributed by atoms with Gasteiger partial charge in [-0.3, -0.25) is 0 Å². The second-order valence-electron chi connectivity index (χ2n) is 5.03. The summed E-state index contributed by atoms with van der Waals surface area (Å²) in [6, 6.07) is 7.99. The van der Waals surface area contributed by atoms with Crippen molar-refractivity contribution >= 4 is 10.9 Å². The van der Waals surface area contributed by atoms with Gasteiger partial charge in [0.15, 0.2) is 0 Å². The summed E-state index contributed by atoms with van der Waals surface area (Å²) in [7, 11) is 1.98. The zero-order valence-electron chi connectivity index (χ0n) is 9.98. The van der Waals surface area contributed by atoms with Crippen LogP contribution in [0.2, 0.25) is 0 Å². The minimum absolute atomic E-state index is 0.0563. The third-order valence-corrected chi connectivity index (χ3v) is 3.95. The van der Waals surface area contributed by atoms with Crippen molar-refractivity contribution in [2.75, 3.05) is 0 Å². The van der Waals surface area contributed by atoms with Crippen molar-refractivity contribution in [3.63, 3.8) is 0 Å². The van der Waals surface area contributed by atoms with E-state index in [2.05, 4.69) is 6.07 Å². The quantitative estimate of drug-likeness (QED) is 0.830. The fraction of sp³-hybridized carbons (Fsp3) is 0.429. The van der Waals surface area contributed by atoms with Crippen LogP contribution in [0.15, 0.2) is 24.3 Å². The molecule has 3 heteroatoms. The molecule has 1 fully saturated rings. The maximum absolute atomic E-state index is 10.4. The molecule has 0 bridgehead atoms. The van der Waals surface area contributed by atoms with Crippen LogP contribution in [0.25, 0.3) is 10.9 Å². The highest BCUT2D eigenvalue weighted by molar-refractivity contribution is 5.82. The van der Waals surface area contributed by atoms with Crippen molar-refractivity contribution in [2.24, 2.45) is 7.05 Å². The fourth-order valence-electron chi connectivity index (χ4n) is 2.69. The molecule has 0 atom stereocenters. The molecule has 1 heterocycles. The predicted molar refractivity (Wildman–Crippen MR) is 66.6 cm³/mol. The van der Waals surface area contributed by atoms with Crippen LogP contribution in [0, 0.1) is 0 Å². The standard InChI is InChI=1S/C14H17NO2/c1-15-12-7-10(9-16)3-4-11(12)8-13(15)14(17)5-2-6-14/h3-4,7-8,16-17H,2,5-6,9H2,1H3. The van der Waals surface area contributed by atoms with Crippen LogP contribution >= 0.6 is 0 Å². The smallest absolute Gasteiger partial charge is 0.105 e. The highest BCUT2D eigenvalue weighted by Gasteiger charge is 2.38. The van der Waals surface area contributed by atoms with Crippen molar-refractivity contribution in [3.05, 3.63) is 35.5 Å². The van der Waals surface area contributed by atoms with E-state index in [0.717, 1.165) is 41.4 Å². The van der Waals surface area contributed by atoms with E-state index >= 15 is 0 Å². The summed E-state index contributed by atoms with van der Waals surface area (Å²) < 4.78 is 2.05. The third kappa shape index (κ3) is 1.50. The van der Waals surface area contributed by atoms with Crippen molar-refractivity contribution < 1.29 is 10.2 Å². The van der Waals surface area contributed by atoms with Gasteiger partial charge in [0, 0.05) is 12.6 Å². The number of hydrogen-bond acceptors (Lipinski definition) is 2. The van der Waals surface area contributed by atoms with E-state index < -0.39 is 5.60 Å². The van der Waals surface area contributed by atoms with Crippen LogP contribution in [0.1, 0.15) is 30.5 Å². The molecule has 90 valence electrons. The van der Waals surface area contributed by atoms with Crippen LogP contribution in [0.5, 0.6) is 0 Å². The predicted octanol–water partition coefficient (Wildman–Crippen LogP) is 2.04. The Morgan fingerprint density at radius 2 is 2.06 bits per heavy atom. The molecule has 1 aromatic carbocycles. The first-order valence-corrected chi connectivity index (χ1v) is 6.06. The summed E-state index contributed by atoms with van der Waals surface area (Å²) in [6.07, 6.45) is 2.80. The first kappa shape index (κ1) is 10.8. The van der Waals surface area contributed by atoms with Gasteiger partial charge in [-0.05, 0) is 42.3 Å². The molecule has 17 heavy (non-hydrogen) atoms. The molecule has 1 aliphatic carbocycles. The van der Waals surface area contributed by atoms with E-state index in [1.165, 1.54) is 0 Å². The summed E-state index contributed by atoms with van der Waals surface area (Å²) in [5.74, 6) is 0. The molecule has 2 aromatic rings. The van der Waals surface area contributed by atoms with Crippen molar-refractivity contribution in [3.8, 4) is 0 Å². The van der Waals surface area contributed by atoms with Crippen LogP contribution in [0.4, 0.5) is 0 Å². The summed E-state index contributed by atoms with van der Waals surface area (Å²) in [6.45, 7) is 0.0563. The molecular formula is C14H17NO2. The average Bonchev–Trinajstić information content (AvgIpc) is 2.64. The summed E-state index contributed by atoms with van der Waals surface area (Å²) in [5, 5.41) is 20.7. The zero-order valence-corrected chi connectivity index (χ0v) is 9.98. The van der Waals surface area contributed by atoms with E-state index in [9.17, 15) is 5.11 Å². The Balaban J connectivity index is 2.18. The number of aliphatic hydroxyl groups excluding tert-OH is 1. The first-order chi connectivity index (χ1) is 8.14. The van der Waals surface area contributed by atoms with Gasteiger partial charge >= 0.3 is 0 Å². The Morgan fingerprint density at radius 1 is 1.29 bits per heavy atom. The molecule has 0 saturated heterocycles. The number of hydrogen-bond donors (Lipinski definition) is 2. The minimum atomic E-state index is -0.632. The van der Waals surface area contributed by atoms with E-state index in [-0.39, 0.29) is 6.61 Å². The Bertz CT molecular complexity index is 567. The highest BCUT2D eigenvalue weighted by atomic mass is 16.3. The molecule has 0 radical (unpaired) electrons. The lowest BCUT2D eigenvalue weighted by atomic mass is 9.78. The maximum Gasteiger partial charge on any atom is 0.105 e.